The molecule has 0 saturated heterocycles. The van der Waals surface area contributed by atoms with Crippen molar-refractivity contribution in [1.82, 2.24) is 14.8 Å². The smallest absolute Gasteiger partial charge is 0.234 e. The van der Waals surface area contributed by atoms with Gasteiger partial charge in [-0.15, -0.1) is 16.8 Å². The van der Waals surface area contributed by atoms with E-state index in [1.165, 1.54) is 11.8 Å². The number of allylic oxidation sites excluding steroid dienone is 1. The summed E-state index contributed by atoms with van der Waals surface area (Å²) in [7, 11) is 0. The van der Waals surface area contributed by atoms with Crippen LogP contribution in [0.15, 0.2) is 99.4 Å². The molecule has 1 N–H and O–H groups in total. The number of rotatable bonds is 9. The maximum atomic E-state index is 12.5. The van der Waals surface area contributed by atoms with Gasteiger partial charge in [-0.2, -0.15) is 10.2 Å². The van der Waals surface area contributed by atoms with Crippen LogP contribution in [-0.2, 0) is 11.3 Å². The largest absolute Gasteiger partial charge is 0.469 e. The van der Waals surface area contributed by atoms with E-state index in [1.807, 2.05) is 47.9 Å². The van der Waals surface area contributed by atoms with Crippen LogP contribution in [0.2, 0.25) is 0 Å². The van der Waals surface area contributed by atoms with Crippen molar-refractivity contribution in [1.29, 1.82) is 0 Å². The van der Waals surface area contributed by atoms with E-state index in [0.717, 1.165) is 17.0 Å². The molecule has 1 amide bonds. The van der Waals surface area contributed by atoms with E-state index in [1.54, 1.807) is 36.6 Å². The number of anilines is 1. The molecular formula is C24H22N6O2S. The number of benzene rings is 2. The number of azo groups is 1. The maximum absolute atomic E-state index is 12.5. The Labute approximate surface area is 195 Å². The van der Waals surface area contributed by atoms with Crippen LogP contribution in [0.3, 0.4) is 0 Å². The Morgan fingerprint density at radius 2 is 1.82 bits per heavy atom. The number of hydrogen-bond acceptors (Lipinski definition) is 7. The van der Waals surface area contributed by atoms with E-state index in [-0.39, 0.29) is 11.7 Å². The fourth-order valence-electron chi connectivity index (χ4n) is 3.05. The maximum Gasteiger partial charge on any atom is 0.234 e. The Morgan fingerprint density at radius 3 is 2.48 bits per heavy atom. The Kier molecular flexibility index (Phi) is 7.11. The van der Waals surface area contributed by atoms with E-state index in [9.17, 15) is 4.79 Å². The summed E-state index contributed by atoms with van der Waals surface area (Å²) in [5.41, 5.74) is 3.03. The number of thioether (sulfide) groups is 1. The fraction of sp³-hybridized carbons (Fsp3) is 0.125. The van der Waals surface area contributed by atoms with Gasteiger partial charge in [0.15, 0.2) is 11.0 Å². The number of amides is 1. The van der Waals surface area contributed by atoms with E-state index < -0.39 is 0 Å². The molecule has 0 fully saturated rings. The number of aryl methyl sites for hydroxylation is 1. The highest BCUT2D eigenvalue weighted by Gasteiger charge is 2.17. The summed E-state index contributed by atoms with van der Waals surface area (Å²) < 4.78 is 7.29. The molecule has 33 heavy (non-hydrogen) atoms. The zero-order valence-corrected chi connectivity index (χ0v) is 18.8. The van der Waals surface area contributed by atoms with Gasteiger partial charge < -0.3 is 9.73 Å². The number of carbonyl (C=O) groups excluding carboxylic acids is 1. The first-order valence-corrected chi connectivity index (χ1v) is 11.2. The second-order valence-electron chi connectivity index (χ2n) is 7.02. The molecule has 0 aliphatic carbocycles. The lowest BCUT2D eigenvalue weighted by atomic mass is 10.2. The van der Waals surface area contributed by atoms with Crippen molar-refractivity contribution in [3.63, 3.8) is 0 Å². The number of hydrogen-bond donors (Lipinski definition) is 1. The molecule has 0 saturated carbocycles. The first-order valence-electron chi connectivity index (χ1n) is 10.2. The van der Waals surface area contributed by atoms with Gasteiger partial charge in [0.25, 0.3) is 0 Å². The molecule has 2 aromatic heterocycles. The van der Waals surface area contributed by atoms with Gasteiger partial charge in [0.2, 0.25) is 5.91 Å². The lowest BCUT2D eigenvalue weighted by Crippen LogP contribution is -2.14. The zero-order chi connectivity index (χ0) is 23.0. The molecule has 2 heterocycles. The molecule has 9 heteroatoms. The first-order chi connectivity index (χ1) is 16.1. The van der Waals surface area contributed by atoms with Crippen LogP contribution in [0, 0.1) is 6.92 Å². The van der Waals surface area contributed by atoms with Crippen LogP contribution in [-0.4, -0.2) is 26.4 Å². The van der Waals surface area contributed by atoms with Crippen molar-refractivity contribution in [2.45, 2.75) is 18.6 Å². The minimum Gasteiger partial charge on any atom is -0.469 e. The molecule has 2 aromatic carbocycles. The summed E-state index contributed by atoms with van der Waals surface area (Å²) in [4.78, 5) is 12.5. The number of nitrogens with one attached hydrogen (secondary N) is 1. The van der Waals surface area contributed by atoms with Crippen molar-refractivity contribution < 1.29 is 9.21 Å². The number of nitrogens with zero attached hydrogens (tertiary/aromatic N) is 5. The highest BCUT2D eigenvalue weighted by atomic mass is 32.2. The van der Waals surface area contributed by atoms with Gasteiger partial charge in [0, 0.05) is 12.2 Å². The predicted molar refractivity (Wildman–Crippen MR) is 129 cm³/mol. The van der Waals surface area contributed by atoms with Gasteiger partial charge in [0.1, 0.15) is 5.76 Å². The molecule has 0 spiro atoms. The zero-order valence-electron chi connectivity index (χ0n) is 18.0. The van der Waals surface area contributed by atoms with Gasteiger partial charge in [-0.1, -0.05) is 36.0 Å². The fourth-order valence-corrected chi connectivity index (χ4v) is 3.80. The van der Waals surface area contributed by atoms with Crippen molar-refractivity contribution >= 4 is 34.7 Å². The van der Waals surface area contributed by atoms with E-state index in [2.05, 4.69) is 32.3 Å². The van der Waals surface area contributed by atoms with E-state index in [4.69, 9.17) is 4.42 Å². The molecule has 4 rings (SSSR count). The quantitative estimate of drug-likeness (QED) is 0.183. The highest BCUT2D eigenvalue weighted by molar-refractivity contribution is 7.99. The Morgan fingerprint density at radius 1 is 1.09 bits per heavy atom. The minimum absolute atomic E-state index is 0.146. The van der Waals surface area contributed by atoms with E-state index >= 15 is 0 Å². The third-order valence-corrected chi connectivity index (χ3v) is 5.62. The summed E-state index contributed by atoms with van der Waals surface area (Å²) in [5, 5.41) is 20.4. The van der Waals surface area contributed by atoms with Crippen molar-refractivity contribution in [3.05, 3.63) is 85.3 Å². The summed E-state index contributed by atoms with van der Waals surface area (Å²) in [6.45, 7) is 6.20. The molecule has 0 aliphatic heterocycles. The molecule has 0 bridgehead atoms. The monoisotopic (exact) mass is 458 g/mol. The second kappa shape index (κ2) is 10.6. The molecule has 166 valence electrons. The van der Waals surface area contributed by atoms with Gasteiger partial charge >= 0.3 is 0 Å². The average Bonchev–Trinajstić information content (AvgIpc) is 3.43. The normalized spacial score (nSPS) is 11.1. The summed E-state index contributed by atoms with van der Waals surface area (Å²) in [6.07, 6.45) is 3.38. The summed E-state index contributed by atoms with van der Waals surface area (Å²) in [5.74, 6) is 1.49. The second-order valence-corrected chi connectivity index (χ2v) is 7.96. The summed E-state index contributed by atoms with van der Waals surface area (Å²) >= 11 is 1.31. The minimum atomic E-state index is -0.146. The topological polar surface area (TPSA) is 97.7 Å². The van der Waals surface area contributed by atoms with Crippen LogP contribution in [0.4, 0.5) is 17.1 Å². The van der Waals surface area contributed by atoms with Crippen LogP contribution >= 0.6 is 11.8 Å². The predicted octanol–water partition coefficient (Wildman–Crippen LogP) is 6.18. The van der Waals surface area contributed by atoms with Gasteiger partial charge in [0.05, 0.1) is 29.0 Å². The lowest BCUT2D eigenvalue weighted by Gasteiger charge is -2.08. The lowest BCUT2D eigenvalue weighted by molar-refractivity contribution is -0.113. The standard InChI is InChI=1S/C24H22N6O2S/c1-3-14-30-23(21-13-15-32-17(21)2)28-29-24(30)33-16-22(31)25-18-9-11-20(12-10-18)27-26-19-7-5-4-6-8-19/h3-13,15H,1,14,16H2,2H3,(H,25,31). The molecule has 4 aromatic rings. The molecular weight excluding hydrogens is 436 g/mol. The van der Waals surface area contributed by atoms with Crippen LogP contribution < -0.4 is 5.32 Å². The summed E-state index contributed by atoms with van der Waals surface area (Å²) in [6, 6.07) is 18.5. The third-order valence-electron chi connectivity index (χ3n) is 4.65. The Balaban J connectivity index is 1.36. The van der Waals surface area contributed by atoms with Crippen LogP contribution in [0.1, 0.15) is 5.76 Å². The molecule has 0 unspecified atom stereocenters. The van der Waals surface area contributed by atoms with Crippen LogP contribution in [0.5, 0.6) is 0 Å². The number of aromatic nitrogens is 3. The molecule has 8 nitrogen and oxygen atoms in total. The van der Waals surface area contributed by atoms with Crippen molar-refractivity contribution in [2.24, 2.45) is 10.2 Å². The van der Waals surface area contributed by atoms with Gasteiger partial charge in [-0.3, -0.25) is 9.36 Å². The number of furan rings is 1. The third kappa shape index (κ3) is 5.64. The van der Waals surface area contributed by atoms with Gasteiger partial charge in [-0.05, 0) is 49.4 Å². The Hall–Kier alpha value is -3.98. The first kappa shape index (κ1) is 22.2. The highest BCUT2D eigenvalue weighted by Crippen LogP contribution is 2.27. The molecule has 0 atom stereocenters. The average molecular weight is 459 g/mol. The molecule has 0 radical (unpaired) electrons. The van der Waals surface area contributed by atoms with Crippen LogP contribution in [0.25, 0.3) is 11.4 Å². The molecule has 0 aliphatic rings. The number of carbonyl (C=O) groups is 1. The SMILES string of the molecule is C=CCn1c(SCC(=O)Nc2ccc(N=Nc3ccccc3)cc2)nnc1-c1ccoc1C. The Bertz CT molecular complexity index is 1260. The van der Waals surface area contributed by atoms with Crippen molar-refractivity contribution in [2.75, 3.05) is 11.1 Å². The van der Waals surface area contributed by atoms with Gasteiger partial charge in [-0.25, -0.2) is 0 Å². The van der Waals surface area contributed by atoms with Crippen molar-refractivity contribution in [3.8, 4) is 11.4 Å². The van der Waals surface area contributed by atoms with E-state index in [0.29, 0.717) is 28.9 Å².